The molecule has 1 aromatic heterocycles. The van der Waals surface area contributed by atoms with E-state index in [0.717, 1.165) is 5.56 Å². The molecule has 0 unspecified atom stereocenters. The van der Waals surface area contributed by atoms with Crippen molar-refractivity contribution in [3.63, 3.8) is 0 Å². The number of hydrogen-bond acceptors (Lipinski definition) is 5. The largest absolute Gasteiger partial charge is 0.489 e. The van der Waals surface area contributed by atoms with Gasteiger partial charge in [-0.15, -0.1) is 0 Å². The fraction of sp³-hybridized carbons (Fsp3) is 0.208. The third kappa shape index (κ3) is 5.82. The first-order valence-corrected chi connectivity index (χ1v) is 9.79. The van der Waals surface area contributed by atoms with Crippen molar-refractivity contribution < 1.29 is 23.9 Å². The Balaban J connectivity index is 1.53. The van der Waals surface area contributed by atoms with Crippen molar-refractivity contribution in [3.8, 4) is 5.75 Å². The summed E-state index contributed by atoms with van der Waals surface area (Å²) in [5.41, 5.74) is 2.22. The summed E-state index contributed by atoms with van der Waals surface area (Å²) in [6.45, 7) is 3.35. The van der Waals surface area contributed by atoms with Gasteiger partial charge in [0.2, 0.25) is 0 Å². The molecule has 0 spiro atoms. The average Bonchev–Trinajstić information content (AvgIpc) is 3.16. The first-order valence-electron chi connectivity index (χ1n) is 9.79. The molecule has 160 valence electrons. The Bertz CT molecular complexity index is 1070. The highest BCUT2D eigenvalue weighted by Gasteiger charge is 2.22. The zero-order valence-corrected chi connectivity index (χ0v) is 17.6. The second kappa shape index (κ2) is 9.75. The van der Waals surface area contributed by atoms with Crippen LogP contribution in [0.3, 0.4) is 0 Å². The number of carbonyl (C=O) groups is 3. The van der Waals surface area contributed by atoms with Crippen molar-refractivity contribution >= 4 is 23.3 Å². The number of rotatable bonds is 8. The molecule has 7 heteroatoms. The Labute approximate surface area is 180 Å². The normalized spacial score (nSPS) is 11.5. The Kier molecular flexibility index (Phi) is 6.87. The van der Waals surface area contributed by atoms with Gasteiger partial charge in [-0.05, 0) is 49.7 Å². The second-order valence-corrected chi connectivity index (χ2v) is 7.12. The van der Waals surface area contributed by atoms with Crippen molar-refractivity contribution in [2.75, 3.05) is 5.32 Å². The molecular formula is C24H24N2O5. The Hall–Kier alpha value is -3.87. The number of aromatic nitrogens is 1. The van der Waals surface area contributed by atoms with Crippen LogP contribution in [0.2, 0.25) is 0 Å². The third-order valence-electron chi connectivity index (χ3n) is 4.64. The van der Waals surface area contributed by atoms with Crippen LogP contribution < -0.4 is 10.1 Å². The number of nitrogens with one attached hydrogen (secondary N) is 1. The van der Waals surface area contributed by atoms with E-state index < -0.39 is 18.0 Å². The van der Waals surface area contributed by atoms with Crippen LogP contribution in [0.25, 0.3) is 0 Å². The van der Waals surface area contributed by atoms with Crippen LogP contribution in [0.4, 0.5) is 5.69 Å². The molecule has 0 saturated heterocycles. The van der Waals surface area contributed by atoms with E-state index in [9.17, 15) is 14.4 Å². The van der Waals surface area contributed by atoms with Gasteiger partial charge >= 0.3 is 5.97 Å². The fourth-order valence-corrected chi connectivity index (χ4v) is 2.85. The van der Waals surface area contributed by atoms with Gasteiger partial charge in [0.05, 0.1) is 0 Å². The standard InChI is InChI=1S/C24H24N2O5/c1-16(27)19-13-22(26(3)14-19)24(29)31-17(2)23(28)25-20-9-11-21(12-10-20)30-15-18-7-5-4-6-8-18/h4-14,17H,15H2,1-3H3,(H,25,28)/t17-/m0/s1. The topological polar surface area (TPSA) is 86.6 Å². The maximum Gasteiger partial charge on any atom is 0.355 e. The number of ether oxygens (including phenoxy) is 2. The average molecular weight is 420 g/mol. The highest BCUT2D eigenvalue weighted by Crippen LogP contribution is 2.18. The molecule has 31 heavy (non-hydrogen) atoms. The minimum absolute atomic E-state index is 0.156. The molecule has 0 aliphatic heterocycles. The van der Waals surface area contributed by atoms with E-state index in [1.807, 2.05) is 30.3 Å². The van der Waals surface area contributed by atoms with Gasteiger partial charge in [-0.3, -0.25) is 9.59 Å². The molecule has 0 radical (unpaired) electrons. The van der Waals surface area contributed by atoms with E-state index >= 15 is 0 Å². The Morgan fingerprint density at radius 2 is 1.71 bits per heavy atom. The van der Waals surface area contributed by atoms with Gasteiger partial charge in [0.25, 0.3) is 5.91 Å². The zero-order valence-electron chi connectivity index (χ0n) is 17.6. The third-order valence-corrected chi connectivity index (χ3v) is 4.64. The van der Waals surface area contributed by atoms with Crippen LogP contribution in [0, 0.1) is 0 Å². The quantitative estimate of drug-likeness (QED) is 0.440. The number of aryl methyl sites for hydroxylation is 1. The predicted octanol–water partition coefficient (Wildman–Crippen LogP) is 3.99. The van der Waals surface area contributed by atoms with E-state index in [1.54, 1.807) is 37.5 Å². The Morgan fingerprint density at radius 3 is 2.32 bits per heavy atom. The van der Waals surface area contributed by atoms with E-state index in [-0.39, 0.29) is 11.5 Å². The van der Waals surface area contributed by atoms with Crippen LogP contribution >= 0.6 is 0 Å². The molecule has 0 saturated carbocycles. The Morgan fingerprint density at radius 1 is 1.03 bits per heavy atom. The molecule has 0 fully saturated rings. The van der Waals surface area contributed by atoms with E-state index in [4.69, 9.17) is 9.47 Å². The first kappa shape index (κ1) is 21.8. The molecule has 3 aromatic rings. The van der Waals surface area contributed by atoms with Crippen LogP contribution in [-0.4, -0.2) is 28.3 Å². The van der Waals surface area contributed by atoms with Gasteiger partial charge in [-0.25, -0.2) is 4.79 Å². The van der Waals surface area contributed by atoms with Crippen molar-refractivity contribution in [2.24, 2.45) is 7.05 Å². The molecule has 1 atom stereocenters. The summed E-state index contributed by atoms with van der Waals surface area (Å²) in [4.78, 5) is 36.2. The summed E-state index contributed by atoms with van der Waals surface area (Å²) in [5.74, 6) is -0.627. The molecule has 2 aromatic carbocycles. The number of hydrogen-bond donors (Lipinski definition) is 1. The summed E-state index contributed by atoms with van der Waals surface area (Å²) < 4.78 is 12.5. The summed E-state index contributed by atoms with van der Waals surface area (Å²) >= 11 is 0. The van der Waals surface area contributed by atoms with Gasteiger partial charge in [-0.2, -0.15) is 0 Å². The lowest BCUT2D eigenvalue weighted by molar-refractivity contribution is -0.123. The second-order valence-electron chi connectivity index (χ2n) is 7.12. The van der Waals surface area contributed by atoms with Gasteiger partial charge in [0.15, 0.2) is 11.9 Å². The van der Waals surface area contributed by atoms with Crippen LogP contribution in [0.5, 0.6) is 5.75 Å². The van der Waals surface area contributed by atoms with Crippen LogP contribution in [0.1, 0.15) is 40.3 Å². The minimum Gasteiger partial charge on any atom is -0.489 e. The first-order chi connectivity index (χ1) is 14.8. The molecule has 1 N–H and O–H groups in total. The number of ketones is 1. The fourth-order valence-electron chi connectivity index (χ4n) is 2.85. The number of anilines is 1. The number of esters is 1. The predicted molar refractivity (Wildman–Crippen MR) is 116 cm³/mol. The zero-order chi connectivity index (χ0) is 22.4. The number of carbonyl (C=O) groups excluding carboxylic acids is 3. The number of benzene rings is 2. The van der Waals surface area contributed by atoms with Crippen LogP contribution in [0.15, 0.2) is 66.9 Å². The highest BCUT2D eigenvalue weighted by atomic mass is 16.5. The van der Waals surface area contributed by atoms with Crippen LogP contribution in [-0.2, 0) is 23.2 Å². The van der Waals surface area contributed by atoms with E-state index in [1.165, 1.54) is 24.5 Å². The summed E-state index contributed by atoms with van der Waals surface area (Å²) in [5, 5.41) is 2.70. The lowest BCUT2D eigenvalue weighted by atomic mass is 10.2. The molecule has 0 aliphatic rings. The van der Waals surface area contributed by atoms with Gasteiger partial charge < -0.3 is 19.4 Å². The summed E-state index contributed by atoms with van der Waals surface area (Å²) in [6, 6.07) is 18.2. The van der Waals surface area contributed by atoms with Crippen molar-refractivity contribution in [1.29, 1.82) is 0 Å². The van der Waals surface area contributed by atoms with Crippen molar-refractivity contribution in [1.82, 2.24) is 4.57 Å². The minimum atomic E-state index is -1.02. The van der Waals surface area contributed by atoms with Gasteiger partial charge in [0.1, 0.15) is 18.1 Å². The molecule has 1 amide bonds. The monoisotopic (exact) mass is 420 g/mol. The lowest BCUT2D eigenvalue weighted by Gasteiger charge is -2.14. The molecule has 0 bridgehead atoms. The molecule has 0 aliphatic carbocycles. The lowest BCUT2D eigenvalue weighted by Crippen LogP contribution is -2.30. The molecule has 1 heterocycles. The number of Topliss-reactive ketones (excluding diaryl/α,β-unsaturated/α-hetero) is 1. The van der Waals surface area contributed by atoms with Crippen molar-refractivity contribution in [2.45, 2.75) is 26.6 Å². The summed E-state index contributed by atoms with van der Waals surface area (Å²) in [6.07, 6.45) is 0.530. The maximum atomic E-state index is 12.4. The summed E-state index contributed by atoms with van der Waals surface area (Å²) in [7, 11) is 1.63. The highest BCUT2D eigenvalue weighted by molar-refractivity contribution is 5.99. The van der Waals surface area contributed by atoms with Gasteiger partial charge in [0, 0.05) is 24.5 Å². The maximum absolute atomic E-state index is 12.4. The van der Waals surface area contributed by atoms with E-state index in [2.05, 4.69) is 5.32 Å². The smallest absolute Gasteiger partial charge is 0.355 e. The molecule has 3 rings (SSSR count). The van der Waals surface area contributed by atoms with Crippen molar-refractivity contribution in [3.05, 3.63) is 83.7 Å². The SMILES string of the molecule is CC(=O)c1cc(C(=O)O[C@@H](C)C(=O)Nc2ccc(OCc3ccccc3)cc2)n(C)c1. The number of amides is 1. The molecular weight excluding hydrogens is 396 g/mol. The molecule has 7 nitrogen and oxygen atoms in total. The number of nitrogens with zero attached hydrogens (tertiary/aromatic N) is 1. The van der Waals surface area contributed by atoms with E-state index in [0.29, 0.717) is 23.6 Å². The van der Waals surface area contributed by atoms with Gasteiger partial charge in [-0.1, -0.05) is 30.3 Å².